The van der Waals surface area contributed by atoms with Crippen molar-refractivity contribution in [3.05, 3.63) is 21.0 Å². The fraction of sp³-hybridized carbons (Fsp3) is 0.636. The third-order valence-electron chi connectivity index (χ3n) is 2.45. The van der Waals surface area contributed by atoms with E-state index in [4.69, 9.17) is 10.2 Å². The Balaban J connectivity index is 2.57. The molecule has 0 aromatic carbocycles. The van der Waals surface area contributed by atoms with Crippen LogP contribution in [-0.4, -0.2) is 39.8 Å². The molecule has 0 saturated carbocycles. The normalized spacial score (nSPS) is 10.6. The first-order chi connectivity index (χ1) is 8.70. The van der Waals surface area contributed by atoms with Crippen LogP contribution >= 0.6 is 15.9 Å². The number of unbranched alkanes of at least 4 members (excludes halogenated alkanes) is 2. The van der Waals surface area contributed by atoms with Gasteiger partial charge < -0.3 is 15.5 Å². The van der Waals surface area contributed by atoms with Crippen molar-refractivity contribution in [2.45, 2.75) is 25.8 Å². The second-order valence-electron chi connectivity index (χ2n) is 3.84. The minimum atomic E-state index is -0.260. The average molecular weight is 320 g/mol. The van der Waals surface area contributed by atoms with Gasteiger partial charge in [-0.2, -0.15) is 5.10 Å². The number of rotatable bonds is 8. The van der Waals surface area contributed by atoms with E-state index in [1.165, 1.54) is 4.68 Å². The number of aromatic nitrogens is 2. The molecule has 0 aliphatic heterocycles. The highest BCUT2D eigenvalue weighted by Crippen LogP contribution is 2.16. The van der Waals surface area contributed by atoms with Gasteiger partial charge in [-0.3, -0.25) is 4.79 Å². The number of anilines is 1. The smallest absolute Gasteiger partial charge is 0.283 e. The minimum absolute atomic E-state index is 0.118. The topological polar surface area (TPSA) is 87.4 Å². The zero-order valence-corrected chi connectivity index (χ0v) is 11.7. The molecule has 0 spiro atoms. The zero-order chi connectivity index (χ0) is 13.4. The standard InChI is InChI=1S/C11H18BrN3O3/c12-10-9(13-4-2-1-3-6-16)8-14-15(5-7-17)11(10)18/h8,13,16-17H,1-7H2. The highest BCUT2D eigenvalue weighted by atomic mass is 79.9. The van der Waals surface area contributed by atoms with Gasteiger partial charge >= 0.3 is 0 Å². The summed E-state index contributed by atoms with van der Waals surface area (Å²) in [6.45, 7) is 1.01. The van der Waals surface area contributed by atoms with Crippen molar-refractivity contribution in [2.24, 2.45) is 0 Å². The van der Waals surface area contributed by atoms with Crippen LogP contribution in [0.2, 0.25) is 0 Å². The van der Waals surface area contributed by atoms with Crippen LogP contribution in [0.15, 0.2) is 15.5 Å². The van der Waals surface area contributed by atoms with Gasteiger partial charge in [0.05, 0.1) is 25.0 Å². The van der Waals surface area contributed by atoms with Crippen LogP contribution in [0.1, 0.15) is 19.3 Å². The molecule has 102 valence electrons. The third kappa shape index (κ3) is 4.40. The molecular weight excluding hydrogens is 302 g/mol. The lowest BCUT2D eigenvalue weighted by molar-refractivity contribution is 0.266. The summed E-state index contributed by atoms with van der Waals surface area (Å²) in [7, 11) is 0. The van der Waals surface area contributed by atoms with Crippen molar-refractivity contribution in [3.63, 3.8) is 0 Å². The van der Waals surface area contributed by atoms with Crippen molar-refractivity contribution in [1.29, 1.82) is 0 Å². The Hall–Kier alpha value is -0.920. The summed E-state index contributed by atoms with van der Waals surface area (Å²) in [5.74, 6) is 0. The lowest BCUT2D eigenvalue weighted by Crippen LogP contribution is -2.26. The molecule has 0 bridgehead atoms. The van der Waals surface area contributed by atoms with Crippen LogP contribution in [-0.2, 0) is 6.54 Å². The first-order valence-electron chi connectivity index (χ1n) is 5.92. The van der Waals surface area contributed by atoms with Crippen LogP contribution in [0.5, 0.6) is 0 Å². The lowest BCUT2D eigenvalue weighted by Gasteiger charge is -2.09. The van der Waals surface area contributed by atoms with Gasteiger partial charge in [-0.05, 0) is 35.2 Å². The summed E-state index contributed by atoms with van der Waals surface area (Å²) >= 11 is 3.23. The maximum atomic E-state index is 11.8. The van der Waals surface area contributed by atoms with E-state index in [1.54, 1.807) is 6.20 Å². The summed E-state index contributed by atoms with van der Waals surface area (Å²) in [4.78, 5) is 11.8. The number of aliphatic hydroxyl groups excluding tert-OH is 2. The molecule has 0 fully saturated rings. The van der Waals surface area contributed by atoms with E-state index >= 15 is 0 Å². The number of nitrogens with one attached hydrogen (secondary N) is 1. The molecule has 0 radical (unpaired) electrons. The first-order valence-corrected chi connectivity index (χ1v) is 6.71. The number of hydrogen-bond donors (Lipinski definition) is 3. The molecule has 0 atom stereocenters. The fourth-order valence-electron chi connectivity index (χ4n) is 1.48. The SMILES string of the molecule is O=c1c(Br)c(NCCCCCO)cnn1CCO. The maximum Gasteiger partial charge on any atom is 0.283 e. The van der Waals surface area contributed by atoms with E-state index in [0.717, 1.165) is 25.8 Å². The Bertz CT molecular complexity index is 422. The highest BCUT2D eigenvalue weighted by molar-refractivity contribution is 9.10. The van der Waals surface area contributed by atoms with Gasteiger partial charge in [-0.25, -0.2) is 4.68 Å². The van der Waals surface area contributed by atoms with Crippen molar-refractivity contribution < 1.29 is 10.2 Å². The third-order valence-corrected chi connectivity index (χ3v) is 3.21. The van der Waals surface area contributed by atoms with Crippen LogP contribution in [0.4, 0.5) is 5.69 Å². The molecular formula is C11H18BrN3O3. The van der Waals surface area contributed by atoms with Crippen LogP contribution in [0.3, 0.4) is 0 Å². The Morgan fingerprint density at radius 2 is 2.06 bits per heavy atom. The lowest BCUT2D eigenvalue weighted by atomic mass is 10.2. The van der Waals surface area contributed by atoms with Crippen LogP contribution < -0.4 is 10.9 Å². The van der Waals surface area contributed by atoms with Crippen molar-refractivity contribution in [3.8, 4) is 0 Å². The van der Waals surface area contributed by atoms with Gasteiger partial charge in [-0.1, -0.05) is 0 Å². The molecule has 0 unspecified atom stereocenters. The largest absolute Gasteiger partial charge is 0.396 e. The molecule has 1 aromatic heterocycles. The van der Waals surface area contributed by atoms with Gasteiger partial charge in [-0.15, -0.1) is 0 Å². The minimum Gasteiger partial charge on any atom is -0.396 e. The molecule has 0 aliphatic carbocycles. The Morgan fingerprint density at radius 1 is 1.28 bits per heavy atom. The second kappa shape index (κ2) is 8.23. The Labute approximate surface area is 114 Å². The van der Waals surface area contributed by atoms with E-state index in [1.807, 2.05) is 0 Å². The van der Waals surface area contributed by atoms with Crippen molar-refractivity contribution in [1.82, 2.24) is 9.78 Å². The van der Waals surface area contributed by atoms with Gasteiger partial charge in [0.25, 0.3) is 5.56 Å². The van der Waals surface area contributed by atoms with Crippen molar-refractivity contribution in [2.75, 3.05) is 25.1 Å². The monoisotopic (exact) mass is 319 g/mol. The van der Waals surface area contributed by atoms with Gasteiger partial charge in [0.2, 0.25) is 0 Å². The van der Waals surface area contributed by atoms with Crippen LogP contribution in [0.25, 0.3) is 0 Å². The number of halogens is 1. The maximum absolute atomic E-state index is 11.8. The van der Waals surface area contributed by atoms with E-state index in [-0.39, 0.29) is 25.3 Å². The number of aliphatic hydroxyl groups is 2. The van der Waals surface area contributed by atoms with E-state index in [9.17, 15) is 4.79 Å². The van der Waals surface area contributed by atoms with Crippen molar-refractivity contribution >= 4 is 21.6 Å². The Kier molecular flexibility index (Phi) is 6.92. The molecule has 0 saturated heterocycles. The zero-order valence-electron chi connectivity index (χ0n) is 10.1. The molecule has 3 N–H and O–H groups in total. The van der Waals surface area contributed by atoms with E-state index < -0.39 is 0 Å². The molecule has 0 aliphatic rings. The number of nitrogens with zero attached hydrogens (tertiary/aromatic N) is 2. The molecule has 1 rings (SSSR count). The molecule has 7 heteroatoms. The average Bonchev–Trinajstić information content (AvgIpc) is 2.37. The summed E-state index contributed by atoms with van der Waals surface area (Å²) in [5, 5.41) is 24.5. The molecule has 1 aromatic rings. The quantitative estimate of drug-likeness (QED) is 0.610. The Morgan fingerprint density at radius 3 is 2.72 bits per heavy atom. The van der Waals surface area contributed by atoms with Crippen LogP contribution in [0, 0.1) is 0 Å². The second-order valence-corrected chi connectivity index (χ2v) is 4.63. The number of hydrogen-bond acceptors (Lipinski definition) is 5. The predicted octanol–water partition coefficient (Wildman–Crippen LogP) is 0.573. The summed E-state index contributed by atoms with van der Waals surface area (Å²) < 4.78 is 1.63. The summed E-state index contributed by atoms with van der Waals surface area (Å²) in [6, 6.07) is 0. The fourth-order valence-corrected chi connectivity index (χ4v) is 1.93. The first kappa shape index (κ1) is 15.1. The van der Waals surface area contributed by atoms with Gasteiger partial charge in [0, 0.05) is 13.2 Å². The predicted molar refractivity (Wildman–Crippen MR) is 72.7 cm³/mol. The van der Waals surface area contributed by atoms with Gasteiger partial charge in [0.1, 0.15) is 4.47 Å². The molecule has 6 nitrogen and oxygen atoms in total. The van der Waals surface area contributed by atoms with E-state index in [0.29, 0.717) is 10.2 Å². The molecule has 18 heavy (non-hydrogen) atoms. The molecule has 1 heterocycles. The van der Waals surface area contributed by atoms with E-state index in [2.05, 4.69) is 26.3 Å². The molecule has 0 amide bonds. The summed E-state index contributed by atoms with van der Waals surface area (Å²) in [5.41, 5.74) is 0.391. The summed E-state index contributed by atoms with van der Waals surface area (Å²) in [6.07, 6.45) is 4.22. The highest BCUT2D eigenvalue weighted by Gasteiger charge is 2.07. The van der Waals surface area contributed by atoms with Gasteiger partial charge in [0.15, 0.2) is 0 Å².